The second-order valence-corrected chi connectivity index (χ2v) is 25.1. The van der Waals surface area contributed by atoms with Crippen LogP contribution in [0.1, 0.15) is 81.3 Å². The number of phosphoric ester groups is 1. The minimum atomic E-state index is -4.94. The Bertz CT molecular complexity index is 3210. The van der Waals surface area contributed by atoms with Crippen LogP contribution in [0.15, 0.2) is 72.8 Å². The van der Waals surface area contributed by atoms with E-state index in [4.69, 9.17) is 25.6 Å². The number of likely N-dealkylation sites (N-methyl/N-ethyl adjacent to an activating group) is 2. The van der Waals surface area contributed by atoms with Crippen molar-refractivity contribution in [3.63, 3.8) is 0 Å². The van der Waals surface area contributed by atoms with Gasteiger partial charge in [-0.1, -0.05) is 83.5 Å². The molecule has 3 heterocycles. The number of carbonyl (C=O) groups excluding carboxylic acids is 7. The van der Waals surface area contributed by atoms with Gasteiger partial charge in [-0.25, -0.2) is 18.9 Å². The molecule has 21 nitrogen and oxygen atoms in total. The van der Waals surface area contributed by atoms with Crippen LogP contribution in [0.4, 0.5) is 21.0 Å². The molecule has 3 aliphatic heterocycles. The molecule has 2 bridgehead atoms. The van der Waals surface area contributed by atoms with E-state index in [1.807, 2.05) is 43.3 Å². The predicted molar refractivity (Wildman–Crippen MR) is 302 cm³/mol. The maximum atomic E-state index is 14.8. The van der Waals surface area contributed by atoms with Crippen LogP contribution in [0.2, 0.25) is 0 Å². The number of hydrogen-bond donors (Lipinski definition) is 4. The molecule has 80 heavy (non-hydrogen) atoms. The number of benzene rings is 4. The summed E-state index contributed by atoms with van der Waals surface area (Å²) in [6.45, 7) is 3.13. The van der Waals surface area contributed by atoms with Crippen LogP contribution in [0.5, 0.6) is 11.5 Å². The Balaban J connectivity index is 0.754. The lowest BCUT2D eigenvalue weighted by Crippen LogP contribution is -2.72. The summed E-state index contributed by atoms with van der Waals surface area (Å²) >= 11 is 6.61. The number of aliphatic carboxylic acids is 1. The number of hydrogen-bond acceptors (Lipinski definition) is 14. The smallest absolute Gasteiger partial charge is 0.480 e. The van der Waals surface area contributed by atoms with E-state index < -0.39 is 48.8 Å². The van der Waals surface area contributed by atoms with Crippen LogP contribution < -0.4 is 24.4 Å². The molecule has 10 rings (SSSR count). The van der Waals surface area contributed by atoms with Crippen molar-refractivity contribution in [3.8, 4) is 11.5 Å². The molecular formula is C55H62ClN6O15PS2. The number of anilines is 2. The fraction of sp³-hybridized carbons (Fsp3) is 0.455. The van der Waals surface area contributed by atoms with E-state index in [0.717, 1.165) is 33.2 Å². The molecule has 0 radical (unpaired) electrons. The molecule has 4 N–H and O–H groups in total. The fourth-order valence-corrected chi connectivity index (χ4v) is 14.3. The Morgan fingerprint density at radius 1 is 0.775 bits per heavy atom. The summed E-state index contributed by atoms with van der Waals surface area (Å²) in [5.74, 6) is -2.07. The Morgan fingerprint density at radius 2 is 1.31 bits per heavy atom. The Labute approximate surface area is 474 Å². The van der Waals surface area contributed by atoms with Gasteiger partial charge in [0.05, 0.1) is 22.2 Å². The highest BCUT2D eigenvalue weighted by Crippen LogP contribution is 2.75. The first-order valence-corrected chi connectivity index (χ1v) is 30.9. The van der Waals surface area contributed by atoms with Crippen LogP contribution in [0.3, 0.4) is 0 Å². The third-order valence-corrected chi connectivity index (χ3v) is 18.9. The maximum absolute atomic E-state index is 14.8. The molecule has 25 heteroatoms. The number of alkyl halides is 1. The maximum Gasteiger partial charge on any atom is 0.524 e. The van der Waals surface area contributed by atoms with Crippen molar-refractivity contribution in [2.75, 3.05) is 80.6 Å². The van der Waals surface area contributed by atoms with Crippen molar-refractivity contribution in [2.45, 2.75) is 76.2 Å². The first-order chi connectivity index (χ1) is 38.2. The first-order valence-electron chi connectivity index (χ1n) is 26.4. The second kappa shape index (κ2) is 24.0. The van der Waals surface area contributed by atoms with Crippen molar-refractivity contribution in [1.82, 2.24) is 20.0 Å². The molecule has 3 atom stereocenters. The topological polar surface area (TPSA) is 270 Å². The fourth-order valence-electron chi connectivity index (χ4n) is 11.7. The highest BCUT2D eigenvalue weighted by atomic mass is 35.5. The van der Waals surface area contributed by atoms with Gasteiger partial charge in [-0.3, -0.25) is 38.7 Å². The average molecular weight is 1180 g/mol. The number of rotatable bonds is 24. The SMILES string of the molecule is CCC1CN(C(=O)C23CC(C(=O)N4CC(CCl)c5c4cc(OC(=O)N(C)CCN(C)C(=O)OCCSSCC(NC(=O)CCCCCN4C(=O)C=CC4=O)C(=O)O)c4ccccc54)(C2)C3)c2cc(OP(=O)(O)O)c3ccccc3c21. The number of ether oxygens (including phenoxy) is 2. The summed E-state index contributed by atoms with van der Waals surface area (Å²) in [5.41, 5.74) is 1.30. The van der Waals surface area contributed by atoms with Gasteiger partial charge in [0.2, 0.25) is 17.7 Å². The standard InChI is InChI=1S/C55H62ClN6O15PS2/c1-4-33-27-61(41-25-43(77-78(72,73)74)36-13-8-10-15-38(36)47(33)41)50(68)54-30-55(31-54,32-54)51(69)62-28-34(26-56)48-37-14-9-7-12-35(37)42(24-40(48)62)76-53(71)59(3)21-20-58(2)52(70)75-22-23-79-80-29-39(49(66)67)57-44(63)16-6-5-11-19-60-45(64)17-18-46(60)65/h7-10,12-15,17-18,24-25,33-34,39H,4-6,11,16,19-23,26-32H2,1-3H3,(H,57,63)(H,66,67)(H2,72,73,74). The van der Waals surface area contributed by atoms with Crippen molar-refractivity contribution < 1.29 is 71.8 Å². The minimum absolute atomic E-state index is 0.0106. The molecule has 3 fully saturated rings. The summed E-state index contributed by atoms with van der Waals surface area (Å²) in [4.78, 5) is 130. The number of amides is 7. The van der Waals surface area contributed by atoms with Crippen LogP contribution in [0, 0.1) is 10.8 Å². The van der Waals surface area contributed by atoms with Crippen molar-refractivity contribution >= 4 is 122 Å². The first kappa shape index (κ1) is 58.3. The van der Waals surface area contributed by atoms with E-state index in [0.29, 0.717) is 73.0 Å². The normalized spacial score (nSPS) is 20.9. The zero-order chi connectivity index (χ0) is 57.3. The molecule has 0 spiro atoms. The Hall–Kier alpha value is -6.36. The van der Waals surface area contributed by atoms with Crippen molar-refractivity contribution in [2.24, 2.45) is 10.8 Å². The van der Waals surface area contributed by atoms with Crippen LogP contribution >= 0.6 is 41.0 Å². The Morgan fingerprint density at radius 3 is 1.88 bits per heavy atom. The van der Waals surface area contributed by atoms with Gasteiger partial charge < -0.3 is 44.0 Å². The second-order valence-electron chi connectivity index (χ2n) is 21.0. The molecule has 6 aliphatic rings. The summed E-state index contributed by atoms with van der Waals surface area (Å²) in [6.07, 6.45) is 4.42. The molecule has 3 saturated carbocycles. The lowest BCUT2D eigenvalue weighted by Gasteiger charge is -2.69. The number of carboxylic acid groups (broad SMARTS) is 1. The molecule has 7 amide bonds. The van der Waals surface area contributed by atoms with E-state index >= 15 is 0 Å². The summed E-state index contributed by atoms with van der Waals surface area (Å²) in [5, 5.41) is 14.9. The number of nitrogens with zero attached hydrogens (tertiary/aromatic N) is 5. The molecule has 0 saturated heterocycles. The van der Waals surface area contributed by atoms with Gasteiger partial charge in [-0.15, -0.1) is 11.6 Å². The number of phosphoric acid groups is 1. The molecule has 0 aromatic heterocycles. The lowest BCUT2D eigenvalue weighted by atomic mass is 9.34. The molecule has 4 aromatic rings. The zero-order valence-corrected chi connectivity index (χ0v) is 47.6. The van der Waals surface area contributed by atoms with E-state index in [-0.39, 0.29) is 97.8 Å². The van der Waals surface area contributed by atoms with Gasteiger partial charge in [0, 0.05) is 118 Å². The van der Waals surface area contributed by atoms with Gasteiger partial charge in [-0.05, 0) is 60.4 Å². The number of fused-ring (bicyclic) bond motifs is 6. The largest absolute Gasteiger partial charge is 0.524 e. The van der Waals surface area contributed by atoms with Gasteiger partial charge in [0.15, 0.2) is 0 Å². The monoisotopic (exact) mass is 1180 g/mol. The van der Waals surface area contributed by atoms with Gasteiger partial charge >= 0.3 is 26.0 Å². The summed E-state index contributed by atoms with van der Waals surface area (Å²) < 4.78 is 28.7. The van der Waals surface area contributed by atoms with E-state index in [1.54, 1.807) is 34.1 Å². The quantitative estimate of drug-likeness (QED) is 0.0171. The minimum Gasteiger partial charge on any atom is -0.480 e. The van der Waals surface area contributed by atoms with E-state index in [9.17, 15) is 57.8 Å². The van der Waals surface area contributed by atoms with Crippen molar-refractivity contribution in [3.05, 3.63) is 83.9 Å². The van der Waals surface area contributed by atoms with Crippen LogP contribution in [-0.2, 0) is 38.1 Å². The molecular weight excluding hydrogens is 1120 g/mol. The molecule has 3 aliphatic carbocycles. The molecule has 4 aromatic carbocycles. The highest BCUT2D eigenvalue weighted by Gasteiger charge is 2.76. The third kappa shape index (κ3) is 11.9. The van der Waals surface area contributed by atoms with Gasteiger partial charge in [0.25, 0.3) is 11.8 Å². The number of carbonyl (C=O) groups is 8. The number of halogens is 1. The van der Waals surface area contributed by atoms with Crippen molar-refractivity contribution in [1.29, 1.82) is 0 Å². The predicted octanol–water partition coefficient (Wildman–Crippen LogP) is 7.78. The zero-order valence-electron chi connectivity index (χ0n) is 44.3. The van der Waals surface area contributed by atoms with Crippen LogP contribution in [-0.4, -0.2) is 154 Å². The van der Waals surface area contributed by atoms with Gasteiger partial charge in [0.1, 0.15) is 24.1 Å². The number of nitrogens with one attached hydrogen (secondary N) is 1. The lowest BCUT2D eigenvalue weighted by molar-refractivity contribution is -0.205. The Kier molecular flexibility index (Phi) is 17.5. The van der Waals surface area contributed by atoms with Gasteiger partial charge in [-0.2, -0.15) is 0 Å². The van der Waals surface area contributed by atoms with E-state index in [2.05, 4.69) is 5.32 Å². The molecule has 426 valence electrons. The summed E-state index contributed by atoms with van der Waals surface area (Å²) in [6, 6.07) is 16.7. The third-order valence-electron chi connectivity index (χ3n) is 15.7. The number of imide groups is 1. The van der Waals surface area contributed by atoms with E-state index in [1.165, 1.54) is 57.6 Å². The average Bonchev–Trinajstić information content (AvgIpc) is 2.06. The van der Waals surface area contributed by atoms with Crippen LogP contribution in [0.25, 0.3) is 21.5 Å². The number of carboxylic acids is 1. The summed E-state index contributed by atoms with van der Waals surface area (Å²) in [7, 11) is 0.583. The number of unbranched alkanes of at least 4 members (excludes halogenated alkanes) is 2. The molecule has 3 unspecified atom stereocenters. The highest BCUT2D eigenvalue weighted by molar-refractivity contribution is 8.76.